The molecule has 6 heteroatoms. The van der Waals surface area contributed by atoms with Gasteiger partial charge in [-0.25, -0.2) is 4.79 Å². The molecule has 122 valence electrons. The predicted octanol–water partition coefficient (Wildman–Crippen LogP) is 1.40. The van der Waals surface area contributed by atoms with Gasteiger partial charge in [-0.05, 0) is 44.4 Å². The molecule has 0 aromatic heterocycles. The summed E-state index contributed by atoms with van der Waals surface area (Å²) in [5.41, 5.74) is -0.805. The number of urea groups is 1. The Morgan fingerprint density at radius 2 is 1.91 bits per heavy atom. The second kappa shape index (κ2) is 5.89. The van der Waals surface area contributed by atoms with Gasteiger partial charge in [-0.3, -0.25) is 14.5 Å². The molecule has 0 unspecified atom stereocenters. The van der Waals surface area contributed by atoms with Crippen LogP contribution >= 0.6 is 0 Å². The number of nitrogens with zero attached hydrogens (tertiary/aromatic N) is 1. The van der Waals surface area contributed by atoms with Crippen LogP contribution in [0.5, 0.6) is 0 Å². The lowest BCUT2D eigenvalue weighted by Crippen LogP contribution is -2.47. The van der Waals surface area contributed by atoms with Gasteiger partial charge < -0.3 is 10.6 Å². The lowest BCUT2D eigenvalue weighted by atomic mass is 9.89. The molecule has 3 fully saturated rings. The average Bonchev–Trinajstić information content (AvgIpc) is 3.33. The highest BCUT2D eigenvalue weighted by Gasteiger charge is 2.56. The molecular weight excluding hydrogens is 282 g/mol. The van der Waals surface area contributed by atoms with E-state index in [1.54, 1.807) is 6.92 Å². The van der Waals surface area contributed by atoms with Crippen molar-refractivity contribution in [2.45, 2.75) is 57.4 Å². The second-order valence-electron chi connectivity index (χ2n) is 7.11. The lowest BCUT2D eigenvalue weighted by Gasteiger charge is -2.23. The van der Waals surface area contributed by atoms with Crippen LogP contribution in [-0.2, 0) is 9.59 Å². The third-order valence-electron chi connectivity index (χ3n) is 5.31. The summed E-state index contributed by atoms with van der Waals surface area (Å²) in [5, 5.41) is 5.64. The van der Waals surface area contributed by atoms with Gasteiger partial charge in [0.1, 0.15) is 12.1 Å². The molecule has 3 rings (SSSR count). The minimum atomic E-state index is -0.805. The SMILES string of the molecule is C[C@]1(C2CC2)NC(=O)N(CC(=O)NCC2CCCCC2)C1=O. The van der Waals surface area contributed by atoms with Crippen LogP contribution in [-0.4, -0.2) is 41.4 Å². The van der Waals surface area contributed by atoms with E-state index in [4.69, 9.17) is 0 Å². The van der Waals surface area contributed by atoms with E-state index >= 15 is 0 Å². The number of amides is 4. The van der Waals surface area contributed by atoms with Crippen LogP contribution in [0.15, 0.2) is 0 Å². The van der Waals surface area contributed by atoms with Gasteiger partial charge in [0.15, 0.2) is 0 Å². The smallest absolute Gasteiger partial charge is 0.325 e. The van der Waals surface area contributed by atoms with Crippen LogP contribution in [0.1, 0.15) is 51.9 Å². The second-order valence-corrected chi connectivity index (χ2v) is 7.11. The van der Waals surface area contributed by atoms with Gasteiger partial charge in [-0.2, -0.15) is 0 Å². The lowest BCUT2D eigenvalue weighted by molar-refractivity contribution is -0.135. The Balaban J connectivity index is 1.50. The number of carbonyl (C=O) groups is 3. The summed E-state index contributed by atoms with van der Waals surface area (Å²) < 4.78 is 0. The van der Waals surface area contributed by atoms with Gasteiger partial charge in [0.05, 0.1) is 0 Å². The molecule has 1 aliphatic heterocycles. The molecule has 1 atom stereocenters. The van der Waals surface area contributed by atoms with Crippen molar-refractivity contribution in [3.05, 3.63) is 0 Å². The fourth-order valence-corrected chi connectivity index (χ4v) is 3.65. The van der Waals surface area contributed by atoms with Gasteiger partial charge in [0, 0.05) is 6.54 Å². The quantitative estimate of drug-likeness (QED) is 0.754. The van der Waals surface area contributed by atoms with E-state index in [2.05, 4.69) is 10.6 Å². The van der Waals surface area contributed by atoms with E-state index in [0.29, 0.717) is 12.5 Å². The molecule has 22 heavy (non-hydrogen) atoms. The fraction of sp³-hybridized carbons (Fsp3) is 0.812. The number of hydrogen-bond donors (Lipinski definition) is 2. The van der Waals surface area contributed by atoms with E-state index in [-0.39, 0.29) is 24.3 Å². The van der Waals surface area contributed by atoms with Gasteiger partial charge in [-0.1, -0.05) is 19.3 Å². The molecule has 1 saturated heterocycles. The Morgan fingerprint density at radius 3 is 2.55 bits per heavy atom. The Hall–Kier alpha value is -1.59. The Labute approximate surface area is 131 Å². The zero-order valence-corrected chi connectivity index (χ0v) is 13.2. The van der Waals surface area contributed by atoms with Crippen LogP contribution in [0.25, 0.3) is 0 Å². The molecule has 0 spiro atoms. The van der Waals surface area contributed by atoms with Crippen LogP contribution in [0.3, 0.4) is 0 Å². The van der Waals surface area contributed by atoms with Crippen LogP contribution in [0, 0.1) is 11.8 Å². The molecule has 6 nitrogen and oxygen atoms in total. The summed E-state index contributed by atoms with van der Waals surface area (Å²) in [4.78, 5) is 37.5. The van der Waals surface area contributed by atoms with E-state index in [1.807, 2.05) is 0 Å². The Kier molecular flexibility index (Phi) is 4.10. The van der Waals surface area contributed by atoms with Crippen molar-refractivity contribution >= 4 is 17.8 Å². The average molecular weight is 307 g/mol. The molecule has 2 saturated carbocycles. The van der Waals surface area contributed by atoms with Crippen molar-refractivity contribution in [2.75, 3.05) is 13.1 Å². The monoisotopic (exact) mass is 307 g/mol. The first-order valence-electron chi connectivity index (χ1n) is 8.41. The molecule has 1 heterocycles. The highest BCUT2D eigenvalue weighted by Crippen LogP contribution is 2.42. The number of hydrogen-bond acceptors (Lipinski definition) is 3. The molecule has 0 aromatic carbocycles. The third-order valence-corrected chi connectivity index (χ3v) is 5.31. The van der Waals surface area contributed by atoms with Crippen molar-refractivity contribution in [1.29, 1.82) is 0 Å². The number of imide groups is 1. The number of rotatable bonds is 5. The summed E-state index contributed by atoms with van der Waals surface area (Å²) in [7, 11) is 0. The third kappa shape index (κ3) is 2.96. The normalized spacial score (nSPS) is 29.6. The van der Waals surface area contributed by atoms with E-state index in [1.165, 1.54) is 19.3 Å². The highest BCUT2D eigenvalue weighted by molar-refractivity contribution is 6.09. The van der Waals surface area contributed by atoms with Gasteiger partial charge in [-0.15, -0.1) is 0 Å². The first-order chi connectivity index (χ1) is 10.5. The maximum Gasteiger partial charge on any atom is 0.325 e. The molecule has 4 amide bonds. The summed E-state index contributed by atoms with van der Waals surface area (Å²) >= 11 is 0. The maximum atomic E-state index is 12.4. The largest absolute Gasteiger partial charge is 0.354 e. The minimum absolute atomic E-state index is 0.167. The number of carbonyl (C=O) groups excluding carboxylic acids is 3. The maximum absolute atomic E-state index is 12.4. The molecule has 0 bridgehead atoms. The van der Waals surface area contributed by atoms with E-state index < -0.39 is 11.6 Å². The molecule has 0 radical (unpaired) electrons. The van der Waals surface area contributed by atoms with Gasteiger partial charge in [0.25, 0.3) is 5.91 Å². The van der Waals surface area contributed by atoms with Crippen LogP contribution in [0.2, 0.25) is 0 Å². The van der Waals surface area contributed by atoms with E-state index in [9.17, 15) is 14.4 Å². The van der Waals surface area contributed by atoms with Crippen molar-refractivity contribution in [2.24, 2.45) is 11.8 Å². The highest BCUT2D eigenvalue weighted by atomic mass is 16.2. The standard InChI is InChI=1S/C16H25N3O3/c1-16(12-7-8-12)14(21)19(15(22)18-16)10-13(20)17-9-11-5-3-2-4-6-11/h11-12H,2-10H2,1H3,(H,17,20)(H,18,22)/t16-/m1/s1. The summed E-state index contributed by atoms with van der Waals surface area (Å²) in [5.74, 6) is 0.263. The Bertz CT molecular complexity index is 483. The molecule has 2 aliphatic carbocycles. The molecule has 2 N–H and O–H groups in total. The molecular formula is C16H25N3O3. The first kappa shape index (κ1) is 15.3. The summed E-state index contributed by atoms with van der Waals surface area (Å²) in [6.45, 7) is 2.26. The predicted molar refractivity (Wildman–Crippen MR) is 81.0 cm³/mol. The van der Waals surface area contributed by atoms with Gasteiger partial charge in [0.2, 0.25) is 5.91 Å². The van der Waals surface area contributed by atoms with Gasteiger partial charge >= 0.3 is 6.03 Å². The van der Waals surface area contributed by atoms with Crippen molar-refractivity contribution < 1.29 is 14.4 Å². The minimum Gasteiger partial charge on any atom is -0.354 e. The van der Waals surface area contributed by atoms with Crippen LogP contribution < -0.4 is 10.6 Å². The van der Waals surface area contributed by atoms with Crippen molar-refractivity contribution in [3.8, 4) is 0 Å². The fourth-order valence-electron chi connectivity index (χ4n) is 3.65. The van der Waals surface area contributed by atoms with E-state index in [0.717, 1.165) is 30.6 Å². The van der Waals surface area contributed by atoms with Crippen molar-refractivity contribution in [1.82, 2.24) is 15.5 Å². The summed E-state index contributed by atoms with van der Waals surface area (Å²) in [6.07, 6.45) is 7.98. The number of nitrogens with one attached hydrogen (secondary N) is 2. The zero-order valence-electron chi connectivity index (χ0n) is 13.2. The summed E-state index contributed by atoms with van der Waals surface area (Å²) in [6, 6.07) is -0.438. The van der Waals surface area contributed by atoms with Crippen LogP contribution in [0.4, 0.5) is 4.79 Å². The molecule has 3 aliphatic rings. The first-order valence-corrected chi connectivity index (χ1v) is 8.41. The topological polar surface area (TPSA) is 78.5 Å². The van der Waals surface area contributed by atoms with Crippen molar-refractivity contribution in [3.63, 3.8) is 0 Å². The zero-order chi connectivity index (χ0) is 15.7. The Morgan fingerprint density at radius 1 is 1.23 bits per heavy atom. The molecule has 0 aromatic rings.